The molecule has 1 unspecified atom stereocenters. The fourth-order valence-electron chi connectivity index (χ4n) is 2.18. The molecule has 10 heteroatoms. The zero-order valence-electron chi connectivity index (χ0n) is 10.5. The SMILES string of the molecule is O=C(O)C1CC(=O)N(c2c([N+](=O)[O-])cccc2[N+](=O)[O-])C1. The monoisotopic (exact) mass is 295 g/mol. The molecule has 1 aliphatic rings. The zero-order valence-corrected chi connectivity index (χ0v) is 10.5. The van der Waals surface area contributed by atoms with Crippen LogP contribution in [0.4, 0.5) is 17.1 Å². The molecule has 1 saturated heterocycles. The second kappa shape index (κ2) is 5.15. The van der Waals surface area contributed by atoms with E-state index in [1.807, 2.05) is 0 Å². The number of hydrogen-bond acceptors (Lipinski definition) is 6. The van der Waals surface area contributed by atoms with E-state index >= 15 is 0 Å². The molecule has 0 aliphatic carbocycles. The fourth-order valence-corrected chi connectivity index (χ4v) is 2.18. The van der Waals surface area contributed by atoms with Gasteiger partial charge in [0.15, 0.2) is 0 Å². The Labute approximate surface area is 116 Å². The number of hydrogen-bond donors (Lipinski definition) is 1. The van der Waals surface area contributed by atoms with Gasteiger partial charge in [-0.3, -0.25) is 34.7 Å². The smallest absolute Gasteiger partial charge is 0.308 e. The molecule has 0 saturated carbocycles. The number of para-hydroxylation sites is 1. The lowest BCUT2D eigenvalue weighted by atomic mass is 10.1. The van der Waals surface area contributed by atoms with Gasteiger partial charge in [0.1, 0.15) is 0 Å². The summed E-state index contributed by atoms with van der Waals surface area (Å²) in [6, 6.07) is 3.20. The highest BCUT2D eigenvalue weighted by molar-refractivity contribution is 6.03. The second-order valence-electron chi connectivity index (χ2n) is 4.40. The standard InChI is InChI=1S/C11H9N3O7/c15-9-4-6(11(16)17)5-12(9)10-7(13(18)19)2-1-3-8(10)14(20)21/h1-3,6H,4-5H2,(H,16,17). The number of carboxylic acids is 1. The third-order valence-electron chi connectivity index (χ3n) is 3.13. The van der Waals surface area contributed by atoms with Crippen molar-refractivity contribution in [3.05, 3.63) is 38.4 Å². The maximum atomic E-state index is 11.9. The highest BCUT2D eigenvalue weighted by Gasteiger charge is 2.41. The van der Waals surface area contributed by atoms with E-state index in [0.717, 1.165) is 23.1 Å². The molecule has 0 spiro atoms. The summed E-state index contributed by atoms with van der Waals surface area (Å²) < 4.78 is 0. The summed E-state index contributed by atoms with van der Waals surface area (Å²) in [7, 11) is 0. The number of benzene rings is 1. The van der Waals surface area contributed by atoms with Crippen LogP contribution < -0.4 is 4.90 Å². The van der Waals surface area contributed by atoms with Gasteiger partial charge in [-0.05, 0) is 6.07 Å². The van der Waals surface area contributed by atoms with E-state index in [-0.39, 0.29) is 13.0 Å². The van der Waals surface area contributed by atoms with Gasteiger partial charge in [0.05, 0.1) is 15.8 Å². The van der Waals surface area contributed by atoms with E-state index < -0.39 is 44.7 Å². The summed E-state index contributed by atoms with van der Waals surface area (Å²) in [5, 5.41) is 30.9. The first kappa shape index (κ1) is 14.4. The minimum absolute atomic E-state index is 0.333. The van der Waals surface area contributed by atoms with Crippen LogP contribution in [0.1, 0.15) is 6.42 Å². The molecular weight excluding hydrogens is 286 g/mol. The number of rotatable bonds is 4. The Balaban J connectivity index is 2.57. The average Bonchev–Trinajstić information content (AvgIpc) is 2.79. The third kappa shape index (κ3) is 2.50. The minimum atomic E-state index is -1.23. The van der Waals surface area contributed by atoms with Crippen LogP contribution in [0.2, 0.25) is 0 Å². The van der Waals surface area contributed by atoms with Gasteiger partial charge in [-0.1, -0.05) is 0 Å². The van der Waals surface area contributed by atoms with Gasteiger partial charge in [0, 0.05) is 25.1 Å². The van der Waals surface area contributed by atoms with Crippen LogP contribution >= 0.6 is 0 Å². The maximum Gasteiger partial charge on any atom is 0.308 e. The Morgan fingerprint density at radius 3 is 2.14 bits per heavy atom. The van der Waals surface area contributed by atoms with Gasteiger partial charge >= 0.3 is 5.97 Å². The quantitative estimate of drug-likeness (QED) is 0.642. The Kier molecular flexibility index (Phi) is 3.52. The lowest BCUT2D eigenvalue weighted by Crippen LogP contribution is -2.27. The van der Waals surface area contributed by atoms with Gasteiger partial charge in [-0.15, -0.1) is 0 Å². The highest BCUT2D eigenvalue weighted by Crippen LogP contribution is 2.40. The van der Waals surface area contributed by atoms with Crippen molar-refractivity contribution in [1.29, 1.82) is 0 Å². The van der Waals surface area contributed by atoms with E-state index in [9.17, 15) is 29.8 Å². The van der Waals surface area contributed by atoms with Crippen molar-refractivity contribution in [3.63, 3.8) is 0 Å². The maximum absolute atomic E-state index is 11.9. The summed E-state index contributed by atoms with van der Waals surface area (Å²) in [5.74, 6) is -2.97. The van der Waals surface area contributed by atoms with Gasteiger partial charge < -0.3 is 5.11 Å². The zero-order chi connectivity index (χ0) is 15.7. The summed E-state index contributed by atoms with van der Waals surface area (Å²) in [5.41, 5.74) is -1.69. The van der Waals surface area contributed by atoms with E-state index in [4.69, 9.17) is 5.11 Å². The van der Waals surface area contributed by atoms with Crippen molar-refractivity contribution in [2.75, 3.05) is 11.4 Å². The Bertz CT molecular complexity index is 625. The van der Waals surface area contributed by atoms with E-state index in [2.05, 4.69) is 0 Å². The Morgan fingerprint density at radius 2 is 1.76 bits per heavy atom. The predicted molar refractivity (Wildman–Crippen MR) is 67.8 cm³/mol. The molecule has 110 valence electrons. The Hall–Kier alpha value is -3.04. The molecule has 0 bridgehead atoms. The molecule has 1 amide bonds. The van der Waals surface area contributed by atoms with Gasteiger partial charge in [-0.25, -0.2) is 0 Å². The van der Waals surface area contributed by atoms with Crippen LogP contribution in [0.25, 0.3) is 0 Å². The van der Waals surface area contributed by atoms with Crippen molar-refractivity contribution in [3.8, 4) is 0 Å². The number of anilines is 1. The molecule has 1 aliphatic heterocycles. The molecule has 1 aromatic rings. The number of nitro groups is 2. The van der Waals surface area contributed by atoms with Gasteiger partial charge in [0.2, 0.25) is 11.6 Å². The van der Waals surface area contributed by atoms with E-state index in [0.29, 0.717) is 0 Å². The molecule has 1 fully saturated rings. The topological polar surface area (TPSA) is 144 Å². The van der Waals surface area contributed by atoms with E-state index in [1.54, 1.807) is 0 Å². The first-order chi connectivity index (χ1) is 9.82. The molecule has 1 heterocycles. The van der Waals surface area contributed by atoms with Crippen LogP contribution in [0, 0.1) is 26.1 Å². The number of amides is 1. The van der Waals surface area contributed by atoms with Gasteiger partial charge in [0.25, 0.3) is 11.4 Å². The normalized spacial score (nSPS) is 17.8. The number of aliphatic carboxylic acids is 1. The van der Waals surface area contributed by atoms with Crippen molar-refractivity contribution < 1.29 is 24.5 Å². The summed E-state index contributed by atoms with van der Waals surface area (Å²) in [6.45, 7) is -0.333. The third-order valence-corrected chi connectivity index (χ3v) is 3.13. The van der Waals surface area contributed by atoms with Crippen molar-refractivity contribution in [2.24, 2.45) is 5.92 Å². The number of nitrogens with zero attached hydrogens (tertiary/aromatic N) is 3. The average molecular weight is 295 g/mol. The number of carboxylic acid groups (broad SMARTS) is 1. The molecule has 2 rings (SSSR count). The summed E-state index contributed by atoms with van der Waals surface area (Å²) in [6.07, 6.45) is -0.349. The van der Waals surface area contributed by atoms with Crippen molar-refractivity contribution in [1.82, 2.24) is 0 Å². The number of carbonyl (C=O) groups is 2. The molecule has 1 atom stereocenters. The van der Waals surface area contributed by atoms with Crippen LogP contribution in [0.5, 0.6) is 0 Å². The number of nitro benzene ring substituents is 2. The first-order valence-electron chi connectivity index (χ1n) is 5.78. The molecule has 21 heavy (non-hydrogen) atoms. The fraction of sp³-hybridized carbons (Fsp3) is 0.273. The highest BCUT2D eigenvalue weighted by atomic mass is 16.6. The second-order valence-corrected chi connectivity index (χ2v) is 4.40. The molecule has 1 aromatic carbocycles. The molecule has 10 nitrogen and oxygen atoms in total. The van der Waals surface area contributed by atoms with Crippen molar-refractivity contribution >= 4 is 28.9 Å². The lowest BCUT2D eigenvalue weighted by molar-refractivity contribution is -0.392. The molecular formula is C11H9N3O7. The summed E-state index contributed by atoms with van der Waals surface area (Å²) >= 11 is 0. The van der Waals surface area contributed by atoms with Crippen LogP contribution in [0.15, 0.2) is 18.2 Å². The van der Waals surface area contributed by atoms with E-state index in [1.165, 1.54) is 0 Å². The molecule has 0 radical (unpaired) electrons. The summed E-state index contributed by atoms with van der Waals surface area (Å²) in [4.78, 5) is 43.9. The minimum Gasteiger partial charge on any atom is -0.481 e. The largest absolute Gasteiger partial charge is 0.481 e. The predicted octanol–water partition coefficient (Wildman–Crippen LogP) is 0.941. The van der Waals surface area contributed by atoms with Crippen LogP contribution in [-0.2, 0) is 9.59 Å². The number of carbonyl (C=O) groups excluding carboxylic acids is 1. The molecule has 1 N–H and O–H groups in total. The van der Waals surface area contributed by atoms with Crippen LogP contribution in [0.3, 0.4) is 0 Å². The first-order valence-corrected chi connectivity index (χ1v) is 5.78. The Morgan fingerprint density at radius 1 is 1.24 bits per heavy atom. The van der Waals surface area contributed by atoms with Crippen molar-refractivity contribution in [2.45, 2.75) is 6.42 Å². The lowest BCUT2D eigenvalue weighted by Gasteiger charge is -2.15. The van der Waals surface area contributed by atoms with Gasteiger partial charge in [-0.2, -0.15) is 0 Å². The van der Waals surface area contributed by atoms with Crippen LogP contribution in [-0.4, -0.2) is 33.4 Å². The molecule has 0 aromatic heterocycles.